The first-order chi connectivity index (χ1) is 9.99. The molecule has 9 heteroatoms. The molecule has 0 aromatic carbocycles. The maximum atomic E-state index is 11.6. The lowest BCUT2D eigenvalue weighted by Crippen LogP contribution is -2.47. The van der Waals surface area contributed by atoms with E-state index in [1.165, 1.54) is 12.5 Å². The van der Waals surface area contributed by atoms with Crippen molar-refractivity contribution in [3.63, 3.8) is 0 Å². The Kier molecular flexibility index (Phi) is 6.72. The molecule has 116 valence electrons. The van der Waals surface area contributed by atoms with E-state index in [1.54, 1.807) is 0 Å². The Hall–Kier alpha value is -2.58. The molecule has 21 heavy (non-hydrogen) atoms. The van der Waals surface area contributed by atoms with Gasteiger partial charge in [0.05, 0.1) is 6.33 Å². The van der Waals surface area contributed by atoms with Crippen LogP contribution >= 0.6 is 0 Å². The topological polar surface area (TPSA) is 150 Å². The molecule has 1 atom stereocenters. The number of urea groups is 1. The van der Waals surface area contributed by atoms with Gasteiger partial charge in [-0.25, -0.2) is 14.6 Å². The lowest BCUT2D eigenvalue weighted by atomic mass is 10.1. The van der Waals surface area contributed by atoms with E-state index in [0.29, 0.717) is 25.1 Å². The van der Waals surface area contributed by atoms with Crippen LogP contribution in [0.15, 0.2) is 12.5 Å². The molecular weight excluding hydrogens is 278 g/mol. The number of nitrogens with two attached hydrogens (primary N) is 1. The van der Waals surface area contributed by atoms with Gasteiger partial charge in [-0.05, 0) is 12.8 Å². The number of nitrogens with one attached hydrogen (secondary N) is 3. The molecule has 0 saturated carbocycles. The summed E-state index contributed by atoms with van der Waals surface area (Å²) in [6.07, 6.45) is 4.48. The van der Waals surface area contributed by atoms with E-state index in [2.05, 4.69) is 20.6 Å². The van der Waals surface area contributed by atoms with Gasteiger partial charge in [0.15, 0.2) is 0 Å². The first-order valence-electron chi connectivity index (χ1n) is 6.51. The zero-order valence-electron chi connectivity index (χ0n) is 11.5. The summed E-state index contributed by atoms with van der Waals surface area (Å²) < 4.78 is 0. The molecule has 3 amide bonds. The number of hydrogen-bond acceptors (Lipinski definition) is 4. The van der Waals surface area contributed by atoms with Gasteiger partial charge in [0.25, 0.3) is 0 Å². The van der Waals surface area contributed by atoms with E-state index in [-0.39, 0.29) is 18.7 Å². The highest BCUT2D eigenvalue weighted by atomic mass is 16.4. The van der Waals surface area contributed by atoms with Crippen molar-refractivity contribution in [2.45, 2.75) is 31.7 Å². The smallest absolute Gasteiger partial charge is 0.326 e. The van der Waals surface area contributed by atoms with Gasteiger partial charge in [-0.15, -0.1) is 0 Å². The Morgan fingerprint density at radius 3 is 2.71 bits per heavy atom. The van der Waals surface area contributed by atoms with Crippen molar-refractivity contribution < 1.29 is 19.5 Å². The number of rotatable bonds is 9. The molecule has 1 unspecified atom stereocenters. The fraction of sp³-hybridized carbons (Fsp3) is 0.500. The van der Waals surface area contributed by atoms with Gasteiger partial charge in [-0.2, -0.15) is 0 Å². The zero-order chi connectivity index (χ0) is 15.7. The monoisotopic (exact) mass is 297 g/mol. The highest BCUT2D eigenvalue weighted by molar-refractivity contribution is 5.82. The van der Waals surface area contributed by atoms with Crippen molar-refractivity contribution >= 4 is 17.9 Å². The molecule has 9 nitrogen and oxygen atoms in total. The quantitative estimate of drug-likeness (QED) is 0.384. The summed E-state index contributed by atoms with van der Waals surface area (Å²) in [5.41, 5.74) is 5.60. The number of hydrogen-bond donors (Lipinski definition) is 5. The van der Waals surface area contributed by atoms with Crippen LogP contribution in [0, 0.1) is 0 Å². The first kappa shape index (κ1) is 16.5. The number of H-pyrrole nitrogens is 1. The molecule has 0 radical (unpaired) electrons. The van der Waals surface area contributed by atoms with Crippen molar-refractivity contribution in [2.24, 2.45) is 5.73 Å². The molecule has 0 saturated heterocycles. The predicted octanol–water partition coefficient (Wildman–Crippen LogP) is -0.640. The van der Waals surface area contributed by atoms with Crippen LogP contribution in [0.5, 0.6) is 0 Å². The summed E-state index contributed by atoms with van der Waals surface area (Å²) in [4.78, 5) is 39.7. The van der Waals surface area contributed by atoms with Crippen LogP contribution in [0.2, 0.25) is 0 Å². The second-order valence-corrected chi connectivity index (χ2v) is 4.50. The Labute approximate surface area is 121 Å². The number of amides is 3. The molecule has 1 heterocycles. The second-order valence-electron chi connectivity index (χ2n) is 4.50. The summed E-state index contributed by atoms with van der Waals surface area (Å²) in [5.74, 6) is -1.52. The van der Waals surface area contributed by atoms with E-state index in [4.69, 9.17) is 10.8 Å². The number of aliphatic carboxylic acids is 1. The lowest BCUT2D eigenvalue weighted by molar-refractivity contribution is -0.139. The molecule has 0 fully saturated rings. The van der Waals surface area contributed by atoms with Crippen molar-refractivity contribution in [2.75, 3.05) is 6.54 Å². The fourth-order valence-electron chi connectivity index (χ4n) is 1.65. The van der Waals surface area contributed by atoms with Crippen molar-refractivity contribution in [3.8, 4) is 0 Å². The normalized spacial score (nSPS) is 11.6. The number of carboxylic acid groups (broad SMARTS) is 1. The van der Waals surface area contributed by atoms with E-state index in [1.807, 2.05) is 0 Å². The first-order valence-corrected chi connectivity index (χ1v) is 6.51. The van der Waals surface area contributed by atoms with E-state index in [0.717, 1.165) is 0 Å². The molecule has 0 aliphatic carbocycles. The number of nitrogens with zero attached hydrogens (tertiary/aromatic N) is 1. The summed E-state index contributed by atoms with van der Waals surface area (Å²) in [6.45, 7) is 0.343. The van der Waals surface area contributed by atoms with Gasteiger partial charge in [0, 0.05) is 31.3 Å². The van der Waals surface area contributed by atoms with E-state index in [9.17, 15) is 14.4 Å². The van der Waals surface area contributed by atoms with Crippen LogP contribution in [-0.4, -0.2) is 45.6 Å². The third-order valence-electron chi connectivity index (χ3n) is 2.72. The summed E-state index contributed by atoms with van der Waals surface area (Å²) in [7, 11) is 0. The number of primary amides is 1. The van der Waals surface area contributed by atoms with E-state index >= 15 is 0 Å². The Bertz CT molecular complexity index is 474. The Balaban J connectivity index is 2.29. The molecule has 6 N–H and O–H groups in total. The number of carbonyl (C=O) groups is 3. The summed E-state index contributed by atoms with van der Waals surface area (Å²) >= 11 is 0. The average Bonchev–Trinajstić information content (AvgIpc) is 2.90. The Morgan fingerprint density at radius 2 is 2.14 bits per heavy atom. The number of carboxylic acids is 1. The summed E-state index contributed by atoms with van der Waals surface area (Å²) in [5, 5.41) is 14.0. The molecule has 1 rings (SSSR count). The van der Waals surface area contributed by atoms with Gasteiger partial charge in [0.2, 0.25) is 5.91 Å². The lowest BCUT2D eigenvalue weighted by Gasteiger charge is -2.14. The van der Waals surface area contributed by atoms with Crippen LogP contribution in [0.25, 0.3) is 0 Å². The Morgan fingerprint density at radius 1 is 1.38 bits per heavy atom. The number of aromatic nitrogens is 2. The van der Waals surface area contributed by atoms with Gasteiger partial charge < -0.3 is 26.5 Å². The second kappa shape index (κ2) is 8.56. The van der Waals surface area contributed by atoms with E-state index < -0.39 is 18.0 Å². The van der Waals surface area contributed by atoms with Gasteiger partial charge in [0.1, 0.15) is 6.04 Å². The minimum absolute atomic E-state index is 0.116. The van der Waals surface area contributed by atoms with Crippen molar-refractivity contribution in [1.29, 1.82) is 0 Å². The minimum Gasteiger partial charge on any atom is -0.480 e. The highest BCUT2D eigenvalue weighted by Crippen LogP contribution is 1.99. The predicted molar refractivity (Wildman–Crippen MR) is 73.3 cm³/mol. The maximum absolute atomic E-state index is 11.6. The zero-order valence-corrected chi connectivity index (χ0v) is 11.5. The maximum Gasteiger partial charge on any atom is 0.326 e. The van der Waals surface area contributed by atoms with Crippen LogP contribution in [0.3, 0.4) is 0 Å². The van der Waals surface area contributed by atoms with Crippen LogP contribution in [0.4, 0.5) is 4.79 Å². The molecule has 0 spiro atoms. The highest BCUT2D eigenvalue weighted by Gasteiger charge is 2.20. The van der Waals surface area contributed by atoms with Gasteiger partial charge in [-0.1, -0.05) is 0 Å². The standard InChI is InChI=1S/C12H19N5O4/c13-10(18)3-1-2-4-15-12(21)17-9(11(19)20)5-8-6-14-7-16-8/h6-7,9H,1-5H2,(H2,13,18)(H,14,16)(H,19,20)(H2,15,17,21). The van der Waals surface area contributed by atoms with Gasteiger partial charge >= 0.3 is 12.0 Å². The average molecular weight is 297 g/mol. The molecular formula is C12H19N5O4. The third-order valence-corrected chi connectivity index (χ3v) is 2.72. The molecule has 0 aliphatic heterocycles. The van der Waals surface area contributed by atoms with Crippen molar-refractivity contribution in [3.05, 3.63) is 18.2 Å². The number of carbonyl (C=O) groups excluding carboxylic acids is 2. The third kappa shape index (κ3) is 6.95. The van der Waals surface area contributed by atoms with Crippen LogP contribution in [0.1, 0.15) is 25.0 Å². The fourth-order valence-corrected chi connectivity index (χ4v) is 1.65. The van der Waals surface area contributed by atoms with Crippen LogP contribution < -0.4 is 16.4 Å². The molecule has 0 aliphatic rings. The molecule has 1 aromatic heterocycles. The summed E-state index contributed by atoms with van der Waals surface area (Å²) in [6, 6.07) is -1.61. The number of unbranched alkanes of at least 4 members (excludes halogenated alkanes) is 1. The van der Waals surface area contributed by atoms with Crippen molar-refractivity contribution in [1.82, 2.24) is 20.6 Å². The number of imidazole rings is 1. The molecule has 0 bridgehead atoms. The number of aromatic amines is 1. The largest absolute Gasteiger partial charge is 0.480 e. The van der Waals surface area contributed by atoms with Crippen LogP contribution in [-0.2, 0) is 16.0 Å². The SMILES string of the molecule is NC(=O)CCCCNC(=O)NC(Cc1cnc[nH]1)C(=O)O. The minimum atomic E-state index is -1.13. The molecule has 1 aromatic rings. The van der Waals surface area contributed by atoms with Gasteiger partial charge in [-0.3, -0.25) is 4.79 Å².